The fraction of sp³-hybridized carbons (Fsp3) is 0.550. The van der Waals surface area contributed by atoms with Gasteiger partial charge in [-0.2, -0.15) is 0 Å². The molecule has 1 unspecified atom stereocenters. The van der Waals surface area contributed by atoms with E-state index in [0.717, 1.165) is 44.5 Å². The maximum absolute atomic E-state index is 12.8. The Hall–Kier alpha value is -2.37. The molecular weight excluding hydrogens is 326 g/mol. The van der Waals surface area contributed by atoms with Crippen molar-refractivity contribution in [1.82, 2.24) is 24.8 Å². The molecule has 3 heterocycles. The van der Waals surface area contributed by atoms with Gasteiger partial charge in [-0.1, -0.05) is 19.9 Å². The van der Waals surface area contributed by atoms with E-state index < -0.39 is 0 Å². The highest BCUT2D eigenvalue weighted by Gasteiger charge is 2.25. The number of imidazole rings is 1. The molecule has 2 aromatic rings. The standard InChI is InChI=1S/C20H29N5O/c1-16(2)12-19(18-4-3-7-21-13-18)23-20(26)25-9-5-17(6-10-25)14-24-11-8-22-15-24/h3-4,7-8,11,13,15-17,19H,5-6,9-10,12,14H2,1-2H3,(H,23,26). The summed E-state index contributed by atoms with van der Waals surface area (Å²) >= 11 is 0. The number of carbonyl (C=O) groups is 1. The van der Waals surface area contributed by atoms with Gasteiger partial charge in [0.2, 0.25) is 0 Å². The van der Waals surface area contributed by atoms with Gasteiger partial charge in [-0.25, -0.2) is 9.78 Å². The average molecular weight is 355 g/mol. The highest BCUT2D eigenvalue weighted by Crippen LogP contribution is 2.23. The highest BCUT2D eigenvalue weighted by atomic mass is 16.2. The molecule has 3 rings (SSSR count). The zero-order valence-electron chi connectivity index (χ0n) is 15.7. The van der Waals surface area contributed by atoms with Crippen molar-refractivity contribution in [2.45, 2.75) is 45.7 Å². The van der Waals surface area contributed by atoms with Crippen LogP contribution in [-0.4, -0.2) is 38.6 Å². The molecule has 1 aliphatic heterocycles. The van der Waals surface area contributed by atoms with E-state index in [1.54, 1.807) is 6.20 Å². The number of nitrogens with one attached hydrogen (secondary N) is 1. The Morgan fingerprint density at radius 1 is 1.27 bits per heavy atom. The van der Waals surface area contributed by atoms with Crippen LogP contribution in [0, 0.1) is 11.8 Å². The number of carbonyl (C=O) groups excluding carboxylic acids is 1. The summed E-state index contributed by atoms with van der Waals surface area (Å²) < 4.78 is 2.13. The number of hydrogen-bond donors (Lipinski definition) is 1. The van der Waals surface area contributed by atoms with E-state index in [0.29, 0.717) is 11.8 Å². The van der Waals surface area contributed by atoms with Gasteiger partial charge in [0, 0.05) is 44.4 Å². The van der Waals surface area contributed by atoms with E-state index in [4.69, 9.17) is 0 Å². The van der Waals surface area contributed by atoms with E-state index in [1.165, 1.54) is 0 Å². The summed E-state index contributed by atoms with van der Waals surface area (Å²) in [5.41, 5.74) is 1.07. The normalized spacial score (nSPS) is 16.7. The van der Waals surface area contributed by atoms with Crippen LogP contribution < -0.4 is 5.32 Å². The molecule has 1 atom stereocenters. The number of piperidine rings is 1. The molecule has 6 heteroatoms. The Balaban J connectivity index is 1.53. The number of urea groups is 1. The van der Waals surface area contributed by atoms with Crippen molar-refractivity contribution in [1.29, 1.82) is 0 Å². The second-order valence-corrected chi connectivity index (χ2v) is 7.61. The first-order valence-corrected chi connectivity index (χ1v) is 9.53. The molecule has 6 nitrogen and oxygen atoms in total. The van der Waals surface area contributed by atoms with Crippen LogP contribution in [0.25, 0.3) is 0 Å². The van der Waals surface area contributed by atoms with Crippen LogP contribution in [0.5, 0.6) is 0 Å². The van der Waals surface area contributed by atoms with Crippen LogP contribution in [0.2, 0.25) is 0 Å². The van der Waals surface area contributed by atoms with E-state index in [2.05, 4.69) is 33.7 Å². The van der Waals surface area contributed by atoms with E-state index in [9.17, 15) is 4.79 Å². The zero-order chi connectivity index (χ0) is 18.4. The first-order chi connectivity index (χ1) is 12.6. The third-order valence-corrected chi connectivity index (χ3v) is 5.02. The lowest BCUT2D eigenvalue weighted by Crippen LogP contribution is -2.46. The van der Waals surface area contributed by atoms with Gasteiger partial charge in [0.1, 0.15) is 0 Å². The molecule has 26 heavy (non-hydrogen) atoms. The lowest BCUT2D eigenvalue weighted by atomic mass is 9.96. The minimum Gasteiger partial charge on any atom is -0.337 e. The lowest BCUT2D eigenvalue weighted by molar-refractivity contribution is 0.161. The molecule has 0 aromatic carbocycles. The fourth-order valence-electron chi connectivity index (χ4n) is 3.58. The van der Waals surface area contributed by atoms with Crippen LogP contribution in [0.3, 0.4) is 0 Å². The van der Waals surface area contributed by atoms with Gasteiger partial charge in [0.05, 0.1) is 12.4 Å². The summed E-state index contributed by atoms with van der Waals surface area (Å²) in [5.74, 6) is 1.11. The largest absolute Gasteiger partial charge is 0.337 e. The van der Waals surface area contributed by atoms with Crippen LogP contribution in [-0.2, 0) is 6.54 Å². The quantitative estimate of drug-likeness (QED) is 0.863. The molecule has 1 N–H and O–H groups in total. The summed E-state index contributed by atoms with van der Waals surface area (Å²) in [5, 5.41) is 3.23. The summed E-state index contributed by atoms with van der Waals surface area (Å²) in [4.78, 5) is 23.0. The molecule has 0 aliphatic carbocycles. The van der Waals surface area contributed by atoms with Crippen molar-refractivity contribution in [3.8, 4) is 0 Å². The second kappa shape index (κ2) is 8.83. The first kappa shape index (κ1) is 18.4. The van der Waals surface area contributed by atoms with Gasteiger partial charge in [0.25, 0.3) is 0 Å². The molecule has 1 saturated heterocycles. The molecule has 140 valence electrons. The van der Waals surface area contributed by atoms with Crippen molar-refractivity contribution in [3.05, 3.63) is 48.8 Å². The molecule has 0 bridgehead atoms. The first-order valence-electron chi connectivity index (χ1n) is 9.53. The Morgan fingerprint density at radius 3 is 2.69 bits per heavy atom. The molecule has 0 spiro atoms. The van der Waals surface area contributed by atoms with Crippen LogP contribution in [0.15, 0.2) is 43.2 Å². The summed E-state index contributed by atoms with van der Waals surface area (Å²) in [6, 6.07) is 4.02. The summed E-state index contributed by atoms with van der Waals surface area (Å²) in [6.07, 6.45) is 12.3. The predicted molar refractivity (Wildman–Crippen MR) is 101 cm³/mol. The molecule has 1 aliphatic rings. The SMILES string of the molecule is CC(C)CC(NC(=O)N1CCC(Cn2ccnc2)CC1)c1cccnc1. The number of pyridine rings is 1. The number of rotatable bonds is 6. The number of likely N-dealkylation sites (tertiary alicyclic amines) is 1. The van der Waals surface area contributed by atoms with Gasteiger partial charge >= 0.3 is 6.03 Å². The van der Waals surface area contributed by atoms with Crippen molar-refractivity contribution in [2.75, 3.05) is 13.1 Å². The Morgan fingerprint density at radius 2 is 2.08 bits per heavy atom. The zero-order valence-corrected chi connectivity index (χ0v) is 15.7. The van der Waals surface area contributed by atoms with Gasteiger partial charge in [0.15, 0.2) is 0 Å². The van der Waals surface area contributed by atoms with Crippen LogP contribution >= 0.6 is 0 Å². The van der Waals surface area contributed by atoms with Gasteiger partial charge in [-0.3, -0.25) is 4.98 Å². The minimum atomic E-state index is 0.0138. The maximum Gasteiger partial charge on any atom is 0.317 e. The molecule has 2 amide bonds. The Labute approximate surface area is 155 Å². The van der Waals surface area contributed by atoms with E-state index in [1.807, 2.05) is 42.0 Å². The number of hydrogen-bond acceptors (Lipinski definition) is 3. The third-order valence-electron chi connectivity index (χ3n) is 5.02. The predicted octanol–water partition coefficient (Wildman–Crippen LogP) is 3.49. The lowest BCUT2D eigenvalue weighted by Gasteiger charge is -2.33. The molecule has 0 saturated carbocycles. The van der Waals surface area contributed by atoms with Crippen molar-refractivity contribution in [3.63, 3.8) is 0 Å². The minimum absolute atomic E-state index is 0.0138. The van der Waals surface area contributed by atoms with E-state index >= 15 is 0 Å². The number of nitrogens with zero attached hydrogens (tertiary/aromatic N) is 4. The Kier molecular flexibility index (Phi) is 6.26. The van der Waals surface area contributed by atoms with Gasteiger partial charge in [-0.05, 0) is 42.7 Å². The summed E-state index contributed by atoms with van der Waals surface area (Å²) in [6.45, 7) is 6.97. The second-order valence-electron chi connectivity index (χ2n) is 7.61. The Bertz CT molecular complexity index is 663. The summed E-state index contributed by atoms with van der Waals surface area (Å²) in [7, 11) is 0. The topological polar surface area (TPSA) is 63.1 Å². The maximum atomic E-state index is 12.8. The highest BCUT2D eigenvalue weighted by molar-refractivity contribution is 5.74. The van der Waals surface area contributed by atoms with Crippen LogP contribution in [0.4, 0.5) is 4.79 Å². The average Bonchev–Trinajstić information content (AvgIpc) is 3.15. The molecule has 0 radical (unpaired) electrons. The monoisotopic (exact) mass is 355 g/mol. The molecule has 1 fully saturated rings. The number of amides is 2. The van der Waals surface area contributed by atoms with E-state index in [-0.39, 0.29) is 12.1 Å². The van der Waals surface area contributed by atoms with Crippen LogP contribution in [0.1, 0.15) is 44.7 Å². The smallest absolute Gasteiger partial charge is 0.317 e. The molecule has 2 aromatic heterocycles. The van der Waals surface area contributed by atoms with Gasteiger partial charge in [-0.15, -0.1) is 0 Å². The fourth-order valence-corrected chi connectivity index (χ4v) is 3.58. The van der Waals surface area contributed by atoms with Crippen molar-refractivity contribution in [2.24, 2.45) is 11.8 Å². The van der Waals surface area contributed by atoms with Crippen molar-refractivity contribution >= 4 is 6.03 Å². The van der Waals surface area contributed by atoms with Crippen molar-refractivity contribution < 1.29 is 4.79 Å². The third kappa shape index (κ3) is 5.07. The van der Waals surface area contributed by atoms with Gasteiger partial charge < -0.3 is 14.8 Å². The molecular formula is C20H29N5O. The number of aromatic nitrogens is 3.